The van der Waals surface area contributed by atoms with Gasteiger partial charge in [-0.2, -0.15) is 0 Å². The quantitative estimate of drug-likeness (QED) is 0.646. The largest absolute Gasteiger partial charge is 0.480 e. The van der Waals surface area contributed by atoms with E-state index in [0.717, 1.165) is 25.9 Å². The Hall–Kier alpha value is -0.610. The van der Waals surface area contributed by atoms with Crippen molar-refractivity contribution in [1.82, 2.24) is 10.2 Å². The number of carboxylic acids is 1. The Labute approximate surface area is 122 Å². The van der Waals surface area contributed by atoms with E-state index in [1.165, 1.54) is 19.3 Å². The molecule has 0 bridgehead atoms. The van der Waals surface area contributed by atoms with Gasteiger partial charge in [0.2, 0.25) is 0 Å². The number of hydrogen-bond donors (Lipinski definition) is 2. The molecular weight excluding hydrogens is 252 g/mol. The van der Waals surface area contributed by atoms with E-state index >= 15 is 0 Å². The second-order valence-electron chi connectivity index (χ2n) is 7.26. The molecule has 2 N–H and O–H groups in total. The molecule has 0 aromatic rings. The molecule has 0 radical (unpaired) electrons. The summed E-state index contributed by atoms with van der Waals surface area (Å²) >= 11 is 0. The highest BCUT2D eigenvalue weighted by Gasteiger charge is 2.39. The topological polar surface area (TPSA) is 52.6 Å². The van der Waals surface area contributed by atoms with Gasteiger partial charge in [-0.15, -0.1) is 0 Å². The van der Waals surface area contributed by atoms with Gasteiger partial charge in [0.05, 0.1) is 0 Å². The van der Waals surface area contributed by atoms with Crippen molar-refractivity contribution >= 4 is 5.97 Å². The van der Waals surface area contributed by atoms with Crippen molar-refractivity contribution in [2.45, 2.75) is 76.9 Å². The predicted molar refractivity (Wildman–Crippen MR) is 80.9 cm³/mol. The second kappa shape index (κ2) is 6.44. The van der Waals surface area contributed by atoms with E-state index in [1.54, 1.807) is 0 Å². The van der Waals surface area contributed by atoms with Gasteiger partial charge in [-0.05, 0) is 57.9 Å². The van der Waals surface area contributed by atoms with E-state index in [1.807, 2.05) is 6.92 Å². The summed E-state index contributed by atoms with van der Waals surface area (Å²) in [5.41, 5.74) is -0.758. The van der Waals surface area contributed by atoms with Crippen LogP contribution in [0.15, 0.2) is 0 Å². The van der Waals surface area contributed by atoms with Gasteiger partial charge < -0.3 is 10.0 Å². The molecule has 2 aliphatic carbocycles. The van der Waals surface area contributed by atoms with Crippen molar-refractivity contribution in [3.8, 4) is 0 Å². The molecule has 4 nitrogen and oxygen atoms in total. The summed E-state index contributed by atoms with van der Waals surface area (Å²) in [6.07, 6.45) is 6.74. The Bertz CT molecular complexity index is 337. The first-order chi connectivity index (χ1) is 9.40. The predicted octanol–water partition coefficient (Wildman–Crippen LogP) is 2.48. The van der Waals surface area contributed by atoms with E-state index in [4.69, 9.17) is 0 Å². The molecule has 2 rings (SSSR count). The highest BCUT2D eigenvalue weighted by molar-refractivity contribution is 5.78. The molecule has 0 saturated heterocycles. The summed E-state index contributed by atoms with van der Waals surface area (Å²) in [5, 5.41) is 12.8. The maximum Gasteiger partial charge on any atom is 0.323 e. The zero-order valence-electron chi connectivity index (χ0n) is 13.2. The molecule has 0 heterocycles. The molecule has 116 valence electrons. The Morgan fingerprint density at radius 3 is 2.40 bits per heavy atom. The van der Waals surface area contributed by atoms with Crippen LogP contribution in [-0.2, 0) is 4.79 Å². The Kier molecular flexibility index (Phi) is 5.08. The summed E-state index contributed by atoms with van der Waals surface area (Å²) in [6.45, 7) is 8.37. The van der Waals surface area contributed by atoms with E-state index in [2.05, 4.69) is 24.1 Å². The summed E-state index contributed by atoms with van der Waals surface area (Å²) in [5.74, 6) is 0.00991. The van der Waals surface area contributed by atoms with E-state index in [0.29, 0.717) is 24.4 Å². The number of nitrogens with one attached hydrogen (secondary N) is 1. The van der Waals surface area contributed by atoms with Gasteiger partial charge in [0.1, 0.15) is 5.54 Å². The van der Waals surface area contributed by atoms with Crippen LogP contribution in [0.4, 0.5) is 0 Å². The van der Waals surface area contributed by atoms with Gasteiger partial charge in [0, 0.05) is 18.6 Å². The lowest BCUT2D eigenvalue weighted by atomic mass is 9.97. The average molecular weight is 282 g/mol. The van der Waals surface area contributed by atoms with Crippen molar-refractivity contribution in [3.05, 3.63) is 0 Å². The number of aliphatic carboxylic acids is 1. The molecule has 4 heteroatoms. The standard InChI is InChI=1S/C16H30N2O2/c1-12(2)8-10-18(14-6-7-14)11-9-16(3,15(19)20)17-13-4-5-13/h12-14,17H,4-11H2,1-3H3,(H,19,20). The molecular formula is C16H30N2O2. The van der Waals surface area contributed by atoms with Crippen LogP contribution in [0.1, 0.15) is 59.3 Å². The number of carbonyl (C=O) groups is 1. The molecule has 1 unspecified atom stereocenters. The lowest BCUT2D eigenvalue weighted by molar-refractivity contribution is -0.144. The van der Waals surface area contributed by atoms with E-state index < -0.39 is 11.5 Å². The number of nitrogens with zero attached hydrogens (tertiary/aromatic N) is 1. The zero-order chi connectivity index (χ0) is 14.8. The molecule has 0 aliphatic heterocycles. The van der Waals surface area contributed by atoms with Crippen LogP contribution >= 0.6 is 0 Å². The minimum atomic E-state index is -0.758. The molecule has 2 fully saturated rings. The first kappa shape index (κ1) is 15.8. The minimum Gasteiger partial charge on any atom is -0.480 e. The smallest absolute Gasteiger partial charge is 0.323 e. The van der Waals surface area contributed by atoms with Crippen molar-refractivity contribution in [2.24, 2.45) is 5.92 Å². The van der Waals surface area contributed by atoms with Gasteiger partial charge >= 0.3 is 5.97 Å². The molecule has 20 heavy (non-hydrogen) atoms. The third-order valence-corrected chi connectivity index (χ3v) is 4.53. The summed E-state index contributed by atoms with van der Waals surface area (Å²) < 4.78 is 0. The summed E-state index contributed by atoms with van der Waals surface area (Å²) in [6, 6.07) is 1.15. The van der Waals surface area contributed by atoms with Gasteiger partial charge in [0.25, 0.3) is 0 Å². The van der Waals surface area contributed by atoms with Crippen LogP contribution in [-0.4, -0.2) is 46.7 Å². The first-order valence-electron chi connectivity index (χ1n) is 8.16. The van der Waals surface area contributed by atoms with E-state index in [-0.39, 0.29) is 0 Å². The first-order valence-corrected chi connectivity index (χ1v) is 8.16. The summed E-state index contributed by atoms with van der Waals surface area (Å²) in [7, 11) is 0. The number of rotatable bonds is 10. The van der Waals surface area contributed by atoms with Crippen LogP contribution in [0.25, 0.3) is 0 Å². The second-order valence-corrected chi connectivity index (χ2v) is 7.26. The fourth-order valence-electron chi connectivity index (χ4n) is 2.63. The van der Waals surface area contributed by atoms with Crippen LogP contribution < -0.4 is 5.32 Å². The lowest BCUT2D eigenvalue weighted by Gasteiger charge is -2.30. The van der Waals surface area contributed by atoms with Gasteiger partial charge in [-0.1, -0.05) is 13.8 Å². The average Bonchev–Trinajstić information content (AvgIpc) is 3.22. The minimum absolute atomic E-state index is 0.432. The van der Waals surface area contributed by atoms with Crippen molar-refractivity contribution in [2.75, 3.05) is 13.1 Å². The van der Waals surface area contributed by atoms with Crippen LogP contribution in [0.5, 0.6) is 0 Å². The Balaban J connectivity index is 1.83. The van der Waals surface area contributed by atoms with Gasteiger partial charge in [-0.3, -0.25) is 10.1 Å². The van der Waals surface area contributed by atoms with Crippen LogP contribution in [0.2, 0.25) is 0 Å². The number of carboxylic acid groups (broad SMARTS) is 1. The maximum absolute atomic E-state index is 11.6. The monoisotopic (exact) mass is 282 g/mol. The Morgan fingerprint density at radius 1 is 1.30 bits per heavy atom. The maximum atomic E-state index is 11.6. The fourth-order valence-corrected chi connectivity index (χ4v) is 2.63. The summed E-state index contributed by atoms with van der Waals surface area (Å²) in [4.78, 5) is 14.1. The molecule has 2 aliphatic rings. The van der Waals surface area contributed by atoms with E-state index in [9.17, 15) is 9.90 Å². The molecule has 0 amide bonds. The zero-order valence-corrected chi connectivity index (χ0v) is 13.2. The fraction of sp³-hybridized carbons (Fsp3) is 0.938. The third kappa shape index (κ3) is 4.74. The van der Waals surface area contributed by atoms with Crippen molar-refractivity contribution in [1.29, 1.82) is 0 Å². The molecule has 1 atom stereocenters. The van der Waals surface area contributed by atoms with Gasteiger partial charge in [-0.25, -0.2) is 0 Å². The molecule has 0 spiro atoms. The highest BCUT2D eigenvalue weighted by atomic mass is 16.4. The lowest BCUT2D eigenvalue weighted by Crippen LogP contribution is -2.52. The highest BCUT2D eigenvalue weighted by Crippen LogP contribution is 2.29. The molecule has 2 saturated carbocycles. The van der Waals surface area contributed by atoms with Crippen molar-refractivity contribution < 1.29 is 9.90 Å². The molecule has 0 aromatic heterocycles. The molecule has 0 aromatic carbocycles. The normalized spacial score (nSPS) is 22.2. The number of hydrogen-bond acceptors (Lipinski definition) is 3. The van der Waals surface area contributed by atoms with Crippen LogP contribution in [0.3, 0.4) is 0 Å². The third-order valence-electron chi connectivity index (χ3n) is 4.53. The van der Waals surface area contributed by atoms with Gasteiger partial charge in [0.15, 0.2) is 0 Å². The SMILES string of the molecule is CC(C)CCN(CCC(C)(NC1CC1)C(=O)O)C1CC1. The Morgan fingerprint density at radius 2 is 1.95 bits per heavy atom. The van der Waals surface area contributed by atoms with Crippen molar-refractivity contribution in [3.63, 3.8) is 0 Å². The van der Waals surface area contributed by atoms with Crippen LogP contribution in [0, 0.1) is 5.92 Å².